The molecular weight excluding hydrogens is 166 g/mol. The Morgan fingerprint density at radius 1 is 1.50 bits per heavy atom. The molecule has 1 fully saturated rings. The van der Waals surface area contributed by atoms with Crippen LogP contribution in [-0.4, -0.2) is 26.5 Å². The minimum atomic E-state index is 0.0365. The summed E-state index contributed by atoms with van der Waals surface area (Å²) in [5.74, 6) is 2.32. The summed E-state index contributed by atoms with van der Waals surface area (Å²) < 4.78 is 0.0365. The highest BCUT2D eigenvalue weighted by atomic mass is 32.2. The fourth-order valence-corrected chi connectivity index (χ4v) is 3.59. The third kappa shape index (κ3) is 1.42. The van der Waals surface area contributed by atoms with Crippen molar-refractivity contribution in [2.75, 3.05) is 11.5 Å². The molecule has 0 saturated carbocycles. The van der Waals surface area contributed by atoms with E-state index < -0.39 is 0 Å². The molecule has 0 spiro atoms. The zero-order valence-electron chi connectivity index (χ0n) is 6.13. The molecule has 58 valence electrons. The van der Waals surface area contributed by atoms with Gasteiger partial charge in [0.05, 0.1) is 9.79 Å². The van der Waals surface area contributed by atoms with Crippen molar-refractivity contribution >= 4 is 29.2 Å². The molecule has 0 aliphatic carbocycles. The number of rotatable bonds is 1. The van der Waals surface area contributed by atoms with Crippen molar-refractivity contribution in [2.24, 2.45) is 5.16 Å². The van der Waals surface area contributed by atoms with Crippen molar-refractivity contribution < 1.29 is 5.21 Å². The zero-order chi connectivity index (χ0) is 7.61. The average Bonchev–Trinajstić information content (AvgIpc) is 2.36. The summed E-state index contributed by atoms with van der Waals surface area (Å²) >= 11 is 3.70. The molecule has 0 aromatic carbocycles. The highest BCUT2D eigenvalue weighted by molar-refractivity contribution is 8.22. The number of thioether (sulfide) groups is 2. The normalized spacial score (nSPS) is 25.2. The lowest BCUT2D eigenvalue weighted by Gasteiger charge is -2.19. The first-order valence-electron chi connectivity index (χ1n) is 3.16. The van der Waals surface area contributed by atoms with Crippen LogP contribution in [0.4, 0.5) is 0 Å². The smallest absolute Gasteiger partial charge is 0.0993 e. The maximum absolute atomic E-state index is 8.52. The number of hydrogen-bond acceptors (Lipinski definition) is 4. The standard InChI is InChI=1S/C6H11NOS2/c1-5(7-8)6(2)9-3-4-10-6/h8H,3-4H2,1-2H3. The summed E-state index contributed by atoms with van der Waals surface area (Å²) in [6.07, 6.45) is 0. The summed E-state index contributed by atoms with van der Waals surface area (Å²) in [6, 6.07) is 0. The van der Waals surface area contributed by atoms with E-state index in [0.717, 1.165) is 17.2 Å². The minimum Gasteiger partial charge on any atom is -0.411 e. The SMILES string of the molecule is CC(=NO)C1(C)SCCS1. The van der Waals surface area contributed by atoms with Crippen molar-refractivity contribution in [1.29, 1.82) is 0 Å². The van der Waals surface area contributed by atoms with Gasteiger partial charge in [-0.1, -0.05) is 5.16 Å². The zero-order valence-corrected chi connectivity index (χ0v) is 7.76. The average molecular weight is 177 g/mol. The van der Waals surface area contributed by atoms with Crippen molar-refractivity contribution in [2.45, 2.75) is 17.9 Å². The lowest BCUT2D eigenvalue weighted by Crippen LogP contribution is -2.22. The first kappa shape index (κ1) is 8.27. The van der Waals surface area contributed by atoms with Crippen LogP contribution in [0.5, 0.6) is 0 Å². The predicted molar refractivity (Wildman–Crippen MR) is 48.2 cm³/mol. The van der Waals surface area contributed by atoms with E-state index in [-0.39, 0.29) is 4.08 Å². The molecule has 0 aromatic rings. The van der Waals surface area contributed by atoms with E-state index in [1.807, 2.05) is 30.4 Å². The molecule has 0 amide bonds. The van der Waals surface area contributed by atoms with Gasteiger partial charge in [0.1, 0.15) is 0 Å². The second-order valence-corrected chi connectivity index (χ2v) is 5.61. The molecule has 0 unspecified atom stereocenters. The van der Waals surface area contributed by atoms with Crippen LogP contribution in [0.1, 0.15) is 13.8 Å². The maximum atomic E-state index is 8.52. The molecule has 1 aliphatic rings. The van der Waals surface area contributed by atoms with Crippen LogP contribution in [0.15, 0.2) is 5.16 Å². The number of nitrogens with zero attached hydrogens (tertiary/aromatic N) is 1. The summed E-state index contributed by atoms with van der Waals surface area (Å²) in [5.41, 5.74) is 0.819. The Morgan fingerprint density at radius 3 is 2.40 bits per heavy atom. The summed E-state index contributed by atoms with van der Waals surface area (Å²) in [6.45, 7) is 3.97. The van der Waals surface area contributed by atoms with Gasteiger partial charge < -0.3 is 5.21 Å². The highest BCUT2D eigenvalue weighted by Gasteiger charge is 2.33. The van der Waals surface area contributed by atoms with Gasteiger partial charge in [-0.05, 0) is 13.8 Å². The van der Waals surface area contributed by atoms with Gasteiger partial charge in [-0.15, -0.1) is 23.5 Å². The maximum Gasteiger partial charge on any atom is 0.0993 e. The molecule has 2 nitrogen and oxygen atoms in total. The molecular formula is C6H11NOS2. The molecule has 0 radical (unpaired) electrons. The third-order valence-corrected chi connectivity index (χ3v) is 5.12. The van der Waals surface area contributed by atoms with E-state index in [4.69, 9.17) is 5.21 Å². The van der Waals surface area contributed by atoms with Crippen LogP contribution < -0.4 is 0 Å². The van der Waals surface area contributed by atoms with Gasteiger partial charge in [0.15, 0.2) is 0 Å². The van der Waals surface area contributed by atoms with Crippen molar-refractivity contribution in [3.05, 3.63) is 0 Å². The van der Waals surface area contributed by atoms with Gasteiger partial charge >= 0.3 is 0 Å². The highest BCUT2D eigenvalue weighted by Crippen LogP contribution is 2.44. The van der Waals surface area contributed by atoms with Crippen molar-refractivity contribution in [1.82, 2.24) is 0 Å². The molecule has 1 saturated heterocycles. The second kappa shape index (κ2) is 3.05. The van der Waals surface area contributed by atoms with Crippen LogP contribution in [0.2, 0.25) is 0 Å². The van der Waals surface area contributed by atoms with Gasteiger partial charge in [0.25, 0.3) is 0 Å². The van der Waals surface area contributed by atoms with Crippen molar-refractivity contribution in [3.63, 3.8) is 0 Å². The van der Waals surface area contributed by atoms with E-state index >= 15 is 0 Å². The number of hydrogen-bond donors (Lipinski definition) is 1. The molecule has 1 rings (SSSR count). The van der Waals surface area contributed by atoms with Gasteiger partial charge in [-0.2, -0.15) is 0 Å². The van der Waals surface area contributed by atoms with E-state index in [9.17, 15) is 0 Å². The van der Waals surface area contributed by atoms with E-state index in [2.05, 4.69) is 12.1 Å². The minimum absolute atomic E-state index is 0.0365. The quantitative estimate of drug-likeness (QED) is 0.378. The van der Waals surface area contributed by atoms with Crippen LogP contribution in [0.3, 0.4) is 0 Å². The Hall–Kier alpha value is 0.170. The topological polar surface area (TPSA) is 32.6 Å². The van der Waals surface area contributed by atoms with Crippen LogP contribution >= 0.6 is 23.5 Å². The van der Waals surface area contributed by atoms with Crippen molar-refractivity contribution in [3.8, 4) is 0 Å². The molecule has 1 aliphatic heterocycles. The second-order valence-electron chi connectivity index (χ2n) is 2.33. The first-order chi connectivity index (χ1) is 4.69. The Labute approximate surface area is 69.4 Å². The van der Waals surface area contributed by atoms with E-state index in [0.29, 0.717) is 0 Å². The molecule has 1 heterocycles. The molecule has 0 bridgehead atoms. The summed E-state index contributed by atoms with van der Waals surface area (Å²) in [5, 5.41) is 11.7. The van der Waals surface area contributed by atoms with E-state index in [1.165, 1.54) is 0 Å². The Bertz CT molecular complexity index is 152. The Kier molecular flexibility index (Phi) is 2.52. The van der Waals surface area contributed by atoms with E-state index in [1.54, 1.807) is 0 Å². The Morgan fingerprint density at radius 2 is 2.00 bits per heavy atom. The number of oxime groups is 1. The molecule has 0 atom stereocenters. The Balaban J connectivity index is 2.67. The lowest BCUT2D eigenvalue weighted by atomic mass is 10.3. The fraction of sp³-hybridized carbons (Fsp3) is 0.833. The van der Waals surface area contributed by atoms with Gasteiger partial charge in [0, 0.05) is 11.5 Å². The molecule has 1 N–H and O–H groups in total. The monoisotopic (exact) mass is 177 g/mol. The molecule has 4 heteroatoms. The van der Waals surface area contributed by atoms with Gasteiger partial charge in [-0.3, -0.25) is 0 Å². The predicted octanol–water partition coefficient (Wildman–Crippen LogP) is 2.03. The van der Waals surface area contributed by atoms with Crippen LogP contribution in [0, 0.1) is 0 Å². The first-order valence-corrected chi connectivity index (χ1v) is 5.13. The largest absolute Gasteiger partial charge is 0.411 e. The van der Waals surface area contributed by atoms with Gasteiger partial charge in [-0.25, -0.2) is 0 Å². The summed E-state index contributed by atoms with van der Waals surface area (Å²) in [4.78, 5) is 0. The third-order valence-electron chi connectivity index (χ3n) is 1.65. The summed E-state index contributed by atoms with van der Waals surface area (Å²) in [7, 11) is 0. The fourth-order valence-electron chi connectivity index (χ4n) is 0.814. The molecule has 0 aromatic heterocycles. The van der Waals surface area contributed by atoms with Crippen LogP contribution in [0.25, 0.3) is 0 Å². The van der Waals surface area contributed by atoms with Gasteiger partial charge in [0.2, 0.25) is 0 Å². The lowest BCUT2D eigenvalue weighted by molar-refractivity contribution is 0.317. The molecule has 10 heavy (non-hydrogen) atoms. The van der Waals surface area contributed by atoms with Crippen LogP contribution in [-0.2, 0) is 0 Å².